The molecular formula is C15H21NO3. The van der Waals surface area contributed by atoms with Gasteiger partial charge in [0.05, 0.1) is 7.11 Å². The fraction of sp³-hybridized carbons (Fsp3) is 0.467. The summed E-state index contributed by atoms with van der Waals surface area (Å²) < 4.78 is 4.56. The molecule has 1 amide bonds. The maximum absolute atomic E-state index is 11.9. The van der Waals surface area contributed by atoms with Crippen LogP contribution >= 0.6 is 0 Å². The molecule has 1 N–H and O–H groups in total. The molecule has 0 radical (unpaired) electrons. The van der Waals surface area contributed by atoms with Gasteiger partial charge in [0, 0.05) is 5.56 Å². The van der Waals surface area contributed by atoms with Crippen LogP contribution in [0.3, 0.4) is 0 Å². The summed E-state index contributed by atoms with van der Waals surface area (Å²) in [5.74, 6) is -0.715. The smallest absolute Gasteiger partial charge is 0.328 e. The number of carbonyl (C=O) groups excluding carboxylic acids is 2. The predicted octanol–water partition coefficient (Wildman–Crippen LogP) is 2.32. The van der Waals surface area contributed by atoms with Crippen molar-refractivity contribution in [3.8, 4) is 0 Å². The van der Waals surface area contributed by atoms with E-state index in [0.717, 1.165) is 19.3 Å². The van der Waals surface area contributed by atoms with Crippen LogP contribution in [0.4, 0.5) is 0 Å². The van der Waals surface area contributed by atoms with Crippen molar-refractivity contribution >= 4 is 11.9 Å². The van der Waals surface area contributed by atoms with Gasteiger partial charge in [0.1, 0.15) is 6.04 Å². The van der Waals surface area contributed by atoms with E-state index in [4.69, 9.17) is 0 Å². The lowest BCUT2D eigenvalue weighted by Crippen LogP contribution is -2.39. The Morgan fingerprint density at radius 1 is 1.26 bits per heavy atom. The highest BCUT2D eigenvalue weighted by molar-refractivity contribution is 5.96. The molecule has 0 unspecified atom stereocenters. The van der Waals surface area contributed by atoms with Crippen LogP contribution in [0.15, 0.2) is 24.3 Å². The number of rotatable bonds is 6. The first-order valence-corrected chi connectivity index (χ1v) is 6.56. The van der Waals surface area contributed by atoms with Crippen LogP contribution in [0.1, 0.15) is 42.6 Å². The Labute approximate surface area is 114 Å². The van der Waals surface area contributed by atoms with Gasteiger partial charge in [-0.1, -0.05) is 25.5 Å². The predicted molar refractivity (Wildman–Crippen MR) is 74.0 cm³/mol. The monoisotopic (exact) mass is 263 g/mol. The van der Waals surface area contributed by atoms with Crippen molar-refractivity contribution in [1.29, 1.82) is 0 Å². The quantitative estimate of drug-likeness (QED) is 0.801. The first-order valence-electron chi connectivity index (χ1n) is 6.56. The summed E-state index contributed by atoms with van der Waals surface area (Å²) in [5.41, 5.74) is 1.77. The third-order valence-corrected chi connectivity index (χ3v) is 2.94. The van der Waals surface area contributed by atoms with E-state index in [1.807, 2.05) is 12.1 Å². The molecule has 0 saturated carbocycles. The highest BCUT2D eigenvalue weighted by Gasteiger charge is 2.16. The molecule has 0 bridgehead atoms. The number of methoxy groups -OCH3 is 1. The van der Waals surface area contributed by atoms with E-state index in [9.17, 15) is 9.59 Å². The van der Waals surface area contributed by atoms with Gasteiger partial charge in [-0.3, -0.25) is 4.79 Å². The molecule has 0 aliphatic carbocycles. The Morgan fingerprint density at radius 2 is 1.89 bits per heavy atom. The molecule has 0 saturated heterocycles. The van der Waals surface area contributed by atoms with Crippen LogP contribution in [0.5, 0.6) is 0 Å². The minimum absolute atomic E-state index is 0.264. The number of hydrogen-bond donors (Lipinski definition) is 1. The van der Waals surface area contributed by atoms with E-state index in [1.54, 1.807) is 19.1 Å². The lowest BCUT2D eigenvalue weighted by Gasteiger charge is -2.11. The average Bonchev–Trinajstić information content (AvgIpc) is 2.44. The summed E-state index contributed by atoms with van der Waals surface area (Å²) in [5, 5.41) is 2.60. The summed E-state index contributed by atoms with van der Waals surface area (Å²) >= 11 is 0. The van der Waals surface area contributed by atoms with Crippen molar-refractivity contribution in [2.75, 3.05) is 7.11 Å². The highest BCUT2D eigenvalue weighted by Crippen LogP contribution is 2.08. The van der Waals surface area contributed by atoms with Crippen LogP contribution in [0.2, 0.25) is 0 Å². The normalized spacial score (nSPS) is 11.7. The molecule has 1 rings (SSSR count). The van der Waals surface area contributed by atoms with Crippen LogP contribution in [0, 0.1) is 0 Å². The third kappa shape index (κ3) is 4.73. The Bertz CT molecular complexity index is 426. The molecule has 4 heteroatoms. The molecule has 0 aliphatic rings. The van der Waals surface area contributed by atoms with Gasteiger partial charge in [-0.05, 0) is 37.5 Å². The van der Waals surface area contributed by atoms with Crippen molar-refractivity contribution < 1.29 is 14.3 Å². The van der Waals surface area contributed by atoms with Crippen LogP contribution in [0.25, 0.3) is 0 Å². The van der Waals surface area contributed by atoms with Gasteiger partial charge >= 0.3 is 5.97 Å². The highest BCUT2D eigenvalue weighted by atomic mass is 16.5. The minimum Gasteiger partial charge on any atom is -0.467 e. The largest absolute Gasteiger partial charge is 0.467 e. The number of nitrogens with one attached hydrogen (secondary N) is 1. The molecule has 0 fully saturated rings. The standard InChI is InChI=1S/C15H21NO3/c1-4-5-6-12-7-9-13(10-8-12)14(17)16-11(2)15(18)19-3/h7-11H,4-6H2,1-3H3,(H,16,17)/t11-/m0/s1. The first kappa shape index (κ1) is 15.2. The van der Waals surface area contributed by atoms with Gasteiger partial charge in [0.2, 0.25) is 0 Å². The van der Waals surface area contributed by atoms with Crippen LogP contribution in [-0.4, -0.2) is 25.0 Å². The Kier molecular flexibility index (Phi) is 6.06. The van der Waals surface area contributed by atoms with Crippen molar-refractivity contribution in [1.82, 2.24) is 5.32 Å². The van der Waals surface area contributed by atoms with Crippen molar-refractivity contribution in [3.63, 3.8) is 0 Å². The lowest BCUT2D eigenvalue weighted by atomic mass is 10.1. The molecule has 104 valence electrons. The maximum Gasteiger partial charge on any atom is 0.328 e. The van der Waals surface area contributed by atoms with Crippen LogP contribution < -0.4 is 5.32 Å². The first-order chi connectivity index (χ1) is 9.08. The number of ether oxygens (including phenoxy) is 1. The number of amides is 1. The second-order valence-corrected chi connectivity index (χ2v) is 4.52. The van der Waals surface area contributed by atoms with E-state index in [2.05, 4.69) is 17.0 Å². The second kappa shape index (κ2) is 7.56. The summed E-state index contributed by atoms with van der Waals surface area (Å²) in [4.78, 5) is 23.1. The fourth-order valence-electron chi connectivity index (χ4n) is 1.72. The zero-order valence-electron chi connectivity index (χ0n) is 11.7. The number of benzene rings is 1. The van der Waals surface area contributed by atoms with Crippen molar-refractivity contribution in [2.24, 2.45) is 0 Å². The Hall–Kier alpha value is -1.84. The fourth-order valence-corrected chi connectivity index (χ4v) is 1.72. The average molecular weight is 263 g/mol. The van der Waals surface area contributed by atoms with E-state index in [0.29, 0.717) is 5.56 Å². The van der Waals surface area contributed by atoms with Gasteiger partial charge in [0.15, 0.2) is 0 Å². The molecule has 19 heavy (non-hydrogen) atoms. The number of unbranched alkanes of at least 4 members (excludes halogenated alkanes) is 1. The molecule has 0 spiro atoms. The summed E-state index contributed by atoms with van der Waals surface area (Å²) in [6.07, 6.45) is 3.32. The zero-order chi connectivity index (χ0) is 14.3. The van der Waals surface area contributed by atoms with Crippen molar-refractivity contribution in [3.05, 3.63) is 35.4 Å². The summed E-state index contributed by atoms with van der Waals surface area (Å²) in [7, 11) is 1.30. The SMILES string of the molecule is CCCCc1ccc(C(=O)N[C@@H](C)C(=O)OC)cc1. The molecule has 0 aliphatic heterocycles. The van der Waals surface area contributed by atoms with Gasteiger partial charge in [-0.15, -0.1) is 0 Å². The molecule has 4 nitrogen and oxygen atoms in total. The van der Waals surface area contributed by atoms with Gasteiger partial charge < -0.3 is 10.1 Å². The number of esters is 1. The Morgan fingerprint density at radius 3 is 2.42 bits per heavy atom. The number of aryl methyl sites for hydroxylation is 1. The zero-order valence-corrected chi connectivity index (χ0v) is 11.7. The molecule has 1 aromatic carbocycles. The summed E-state index contributed by atoms with van der Waals surface area (Å²) in [6.45, 7) is 3.75. The summed E-state index contributed by atoms with van der Waals surface area (Å²) in [6, 6.07) is 6.83. The second-order valence-electron chi connectivity index (χ2n) is 4.52. The molecule has 1 atom stereocenters. The molecular weight excluding hydrogens is 242 g/mol. The van der Waals surface area contributed by atoms with E-state index >= 15 is 0 Å². The van der Waals surface area contributed by atoms with E-state index in [1.165, 1.54) is 12.7 Å². The number of hydrogen-bond acceptors (Lipinski definition) is 3. The van der Waals surface area contributed by atoms with Gasteiger partial charge in [-0.25, -0.2) is 4.79 Å². The minimum atomic E-state index is -0.641. The molecule has 0 aromatic heterocycles. The maximum atomic E-state index is 11.9. The van der Waals surface area contributed by atoms with Gasteiger partial charge in [-0.2, -0.15) is 0 Å². The van der Waals surface area contributed by atoms with Crippen molar-refractivity contribution in [2.45, 2.75) is 39.2 Å². The van der Waals surface area contributed by atoms with Gasteiger partial charge in [0.25, 0.3) is 5.91 Å². The van der Waals surface area contributed by atoms with E-state index in [-0.39, 0.29) is 5.91 Å². The lowest BCUT2D eigenvalue weighted by molar-refractivity contribution is -0.142. The molecule has 1 aromatic rings. The molecule has 0 heterocycles. The third-order valence-electron chi connectivity index (χ3n) is 2.94. The topological polar surface area (TPSA) is 55.4 Å². The Balaban J connectivity index is 2.60. The van der Waals surface area contributed by atoms with E-state index < -0.39 is 12.0 Å². The number of carbonyl (C=O) groups is 2. The van der Waals surface area contributed by atoms with Crippen LogP contribution in [-0.2, 0) is 16.0 Å².